The van der Waals surface area contributed by atoms with Crippen LogP contribution in [-0.2, 0) is 11.3 Å². The second kappa shape index (κ2) is 5.81. The van der Waals surface area contributed by atoms with E-state index in [9.17, 15) is 4.79 Å². The fourth-order valence-corrected chi connectivity index (χ4v) is 2.80. The van der Waals surface area contributed by atoms with Gasteiger partial charge in [-0.25, -0.2) is 4.79 Å². The number of hydrogen-bond acceptors (Lipinski definition) is 2. The Morgan fingerprint density at radius 1 is 1.35 bits per heavy atom. The number of carboxylic acids is 1. The summed E-state index contributed by atoms with van der Waals surface area (Å²) in [5.41, 5.74) is 2.06. The molecule has 4 nitrogen and oxygen atoms in total. The summed E-state index contributed by atoms with van der Waals surface area (Å²) in [7, 11) is -1.09. The Bertz CT molecular complexity index is 613. The monoisotopic (exact) mass is 291 g/mol. The number of aromatic carboxylic acids is 1. The van der Waals surface area contributed by atoms with E-state index in [0.29, 0.717) is 12.2 Å². The van der Waals surface area contributed by atoms with E-state index in [0.717, 1.165) is 29.1 Å². The van der Waals surface area contributed by atoms with E-state index in [2.05, 4.69) is 24.6 Å². The van der Waals surface area contributed by atoms with Crippen molar-refractivity contribution in [2.24, 2.45) is 0 Å². The van der Waals surface area contributed by atoms with Crippen molar-refractivity contribution >= 4 is 24.9 Å². The number of ether oxygens (including phenoxy) is 1. The van der Waals surface area contributed by atoms with E-state index in [1.165, 1.54) is 0 Å². The molecule has 0 fully saturated rings. The molecule has 1 heterocycles. The Morgan fingerprint density at radius 2 is 2.10 bits per heavy atom. The van der Waals surface area contributed by atoms with Crippen LogP contribution >= 0.6 is 0 Å². The fraction of sp³-hybridized carbons (Fsp3) is 0.400. The van der Waals surface area contributed by atoms with Gasteiger partial charge in [0, 0.05) is 31.8 Å². The Kier molecular flexibility index (Phi) is 4.30. The summed E-state index contributed by atoms with van der Waals surface area (Å²) in [5, 5.41) is 10.2. The molecule has 108 valence electrons. The van der Waals surface area contributed by atoms with E-state index in [1.54, 1.807) is 12.1 Å². The number of fused-ring (bicyclic) bond motifs is 1. The fourth-order valence-electron chi connectivity index (χ4n) is 2.05. The van der Waals surface area contributed by atoms with Gasteiger partial charge in [-0.3, -0.25) is 0 Å². The van der Waals surface area contributed by atoms with Crippen LogP contribution in [0.25, 0.3) is 10.9 Å². The first kappa shape index (κ1) is 14.8. The van der Waals surface area contributed by atoms with Gasteiger partial charge in [0.15, 0.2) is 0 Å². The third-order valence-electron chi connectivity index (χ3n) is 3.26. The standard InChI is InChI=1S/C15H21NO3Si/c1-20(2,3)7-6-19-10-12-8-11(15(17)18)9-14-13(12)4-5-16-14/h4-5,8-9,16H,6-7,10H2,1-3H3,(H,17,18). The van der Waals surface area contributed by atoms with Gasteiger partial charge in [0.1, 0.15) is 0 Å². The van der Waals surface area contributed by atoms with Crippen LogP contribution in [0.4, 0.5) is 0 Å². The normalized spacial score (nSPS) is 11.9. The quantitative estimate of drug-likeness (QED) is 0.630. The van der Waals surface area contributed by atoms with E-state index < -0.39 is 14.0 Å². The summed E-state index contributed by atoms with van der Waals surface area (Å²) in [6, 6.07) is 6.43. The minimum atomic E-state index is -1.09. The zero-order valence-electron chi connectivity index (χ0n) is 12.2. The molecule has 2 aromatic rings. The zero-order valence-corrected chi connectivity index (χ0v) is 13.2. The van der Waals surface area contributed by atoms with Gasteiger partial charge in [-0.15, -0.1) is 0 Å². The summed E-state index contributed by atoms with van der Waals surface area (Å²) in [6.07, 6.45) is 1.82. The number of carboxylic acid groups (broad SMARTS) is 1. The van der Waals surface area contributed by atoms with Crippen molar-refractivity contribution in [3.05, 3.63) is 35.5 Å². The maximum atomic E-state index is 11.1. The van der Waals surface area contributed by atoms with Crippen molar-refractivity contribution in [2.45, 2.75) is 32.3 Å². The number of carbonyl (C=O) groups is 1. The number of H-pyrrole nitrogens is 1. The highest BCUT2D eigenvalue weighted by Gasteiger charge is 2.13. The van der Waals surface area contributed by atoms with E-state index in [1.807, 2.05) is 12.3 Å². The van der Waals surface area contributed by atoms with Crippen LogP contribution in [0.15, 0.2) is 24.4 Å². The second-order valence-corrected chi connectivity index (χ2v) is 11.9. The Morgan fingerprint density at radius 3 is 2.75 bits per heavy atom. The maximum absolute atomic E-state index is 11.1. The third kappa shape index (κ3) is 3.71. The molecule has 0 saturated heterocycles. The Labute approximate surface area is 119 Å². The lowest BCUT2D eigenvalue weighted by Crippen LogP contribution is -2.21. The van der Waals surface area contributed by atoms with Crippen LogP contribution in [0.2, 0.25) is 25.7 Å². The summed E-state index contributed by atoms with van der Waals surface area (Å²) in [4.78, 5) is 14.2. The predicted octanol–water partition coefficient (Wildman–Crippen LogP) is 3.72. The van der Waals surface area contributed by atoms with Gasteiger partial charge >= 0.3 is 5.97 Å². The molecule has 0 aliphatic heterocycles. The smallest absolute Gasteiger partial charge is 0.335 e. The molecule has 0 amide bonds. The molecule has 0 aliphatic rings. The summed E-state index contributed by atoms with van der Waals surface area (Å²) < 4.78 is 5.74. The van der Waals surface area contributed by atoms with Gasteiger partial charge in [0.2, 0.25) is 0 Å². The van der Waals surface area contributed by atoms with Crippen molar-refractivity contribution in [1.29, 1.82) is 0 Å². The van der Waals surface area contributed by atoms with Crippen LogP contribution in [0.5, 0.6) is 0 Å². The highest BCUT2D eigenvalue weighted by atomic mass is 28.3. The Hall–Kier alpha value is -1.59. The van der Waals surface area contributed by atoms with Crippen LogP contribution < -0.4 is 0 Å². The van der Waals surface area contributed by atoms with Gasteiger partial charge in [-0.1, -0.05) is 19.6 Å². The van der Waals surface area contributed by atoms with Crippen molar-refractivity contribution in [2.75, 3.05) is 6.61 Å². The highest BCUT2D eigenvalue weighted by molar-refractivity contribution is 6.76. The molecular weight excluding hydrogens is 270 g/mol. The largest absolute Gasteiger partial charge is 0.478 e. The van der Waals surface area contributed by atoms with Gasteiger partial charge in [-0.05, 0) is 29.8 Å². The van der Waals surface area contributed by atoms with E-state index >= 15 is 0 Å². The van der Waals surface area contributed by atoms with Crippen LogP contribution in [0, 0.1) is 0 Å². The lowest BCUT2D eigenvalue weighted by atomic mass is 10.1. The zero-order chi connectivity index (χ0) is 14.8. The van der Waals surface area contributed by atoms with Crippen molar-refractivity contribution < 1.29 is 14.6 Å². The van der Waals surface area contributed by atoms with Gasteiger partial charge in [0.25, 0.3) is 0 Å². The van der Waals surface area contributed by atoms with Crippen LogP contribution in [-0.4, -0.2) is 30.7 Å². The van der Waals surface area contributed by atoms with Crippen molar-refractivity contribution in [3.63, 3.8) is 0 Å². The highest BCUT2D eigenvalue weighted by Crippen LogP contribution is 2.21. The summed E-state index contributed by atoms with van der Waals surface area (Å²) in [5.74, 6) is -0.912. The molecule has 0 atom stereocenters. The second-order valence-electron chi connectivity index (χ2n) is 6.24. The number of aromatic amines is 1. The van der Waals surface area contributed by atoms with Crippen LogP contribution in [0.3, 0.4) is 0 Å². The first-order valence-corrected chi connectivity index (χ1v) is 10.5. The molecule has 1 aromatic carbocycles. The van der Waals surface area contributed by atoms with Gasteiger partial charge in [0.05, 0.1) is 12.2 Å². The minimum Gasteiger partial charge on any atom is -0.478 e. The Balaban J connectivity index is 2.12. The summed E-state index contributed by atoms with van der Waals surface area (Å²) in [6.45, 7) is 8.13. The topological polar surface area (TPSA) is 62.3 Å². The average molecular weight is 291 g/mol. The first-order valence-electron chi connectivity index (χ1n) is 6.78. The molecule has 0 spiro atoms. The maximum Gasteiger partial charge on any atom is 0.335 e. The lowest BCUT2D eigenvalue weighted by molar-refractivity contribution is 0.0696. The minimum absolute atomic E-state index is 0.295. The van der Waals surface area contributed by atoms with Gasteiger partial charge in [-0.2, -0.15) is 0 Å². The predicted molar refractivity (Wildman–Crippen MR) is 83.1 cm³/mol. The molecule has 0 aliphatic carbocycles. The SMILES string of the molecule is C[Si](C)(C)CCOCc1cc(C(=O)O)cc2[nH]ccc12. The molecule has 0 unspecified atom stereocenters. The molecule has 0 radical (unpaired) electrons. The number of rotatable bonds is 6. The molecule has 0 bridgehead atoms. The number of hydrogen-bond donors (Lipinski definition) is 2. The van der Waals surface area contributed by atoms with Crippen molar-refractivity contribution in [3.8, 4) is 0 Å². The van der Waals surface area contributed by atoms with E-state index in [4.69, 9.17) is 9.84 Å². The molecule has 0 saturated carbocycles. The third-order valence-corrected chi connectivity index (χ3v) is 4.96. The first-order chi connectivity index (χ1) is 9.37. The molecule has 2 rings (SSSR count). The van der Waals surface area contributed by atoms with Crippen molar-refractivity contribution in [1.82, 2.24) is 4.98 Å². The van der Waals surface area contributed by atoms with Crippen LogP contribution in [0.1, 0.15) is 15.9 Å². The molecular formula is C15H21NO3Si. The summed E-state index contributed by atoms with van der Waals surface area (Å²) >= 11 is 0. The molecule has 1 aromatic heterocycles. The van der Waals surface area contributed by atoms with E-state index in [-0.39, 0.29) is 0 Å². The average Bonchev–Trinajstić information content (AvgIpc) is 2.81. The number of benzene rings is 1. The molecule has 2 N–H and O–H groups in total. The molecule has 5 heteroatoms. The lowest BCUT2D eigenvalue weighted by Gasteiger charge is -2.15. The number of aromatic nitrogens is 1. The number of nitrogens with one attached hydrogen (secondary N) is 1. The van der Waals surface area contributed by atoms with Gasteiger partial charge < -0.3 is 14.8 Å². The molecule has 20 heavy (non-hydrogen) atoms.